The number of thiophene rings is 1. The first-order valence-electron chi connectivity index (χ1n) is 7.03. The number of hydrogen-bond donors (Lipinski definition) is 1. The lowest BCUT2D eigenvalue weighted by Crippen LogP contribution is -2.33. The quantitative estimate of drug-likeness (QED) is 0.932. The topological polar surface area (TPSA) is 50.2 Å². The molecule has 1 aliphatic rings. The average molecular weight is 292 g/mol. The van der Waals surface area contributed by atoms with Gasteiger partial charge in [0.2, 0.25) is 0 Å². The van der Waals surface area contributed by atoms with Crippen molar-refractivity contribution in [3.63, 3.8) is 0 Å². The van der Waals surface area contributed by atoms with Gasteiger partial charge in [-0.2, -0.15) is 4.98 Å². The van der Waals surface area contributed by atoms with Gasteiger partial charge in [0, 0.05) is 20.6 Å². The summed E-state index contributed by atoms with van der Waals surface area (Å²) in [4.78, 5) is 19.6. The van der Waals surface area contributed by atoms with Crippen LogP contribution in [0, 0.1) is 5.92 Å². The fourth-order valence-corrected chi connectivity index (χ4v) is 3.70. The smallest absolute Gasteiger partial charge is 0.350 e. The van der Waals surface area contributed by atoms with E-state index in [0.717, 1.165) is 48.5 Å². The molecule has 1 aliphatic heterocycles. The zero-order valence-electron chi connectivity index (χ0n) is 11.9. The molecule has 0 unspecified atom stereocenters. The summed E-state index contributed by atoms with van der Waals surface area (Å²) < 4.78 is 1.86. The first kappa shape index (κ1) is 13.6. The number of aromatic nitrogens is 2. The van der Waals surface area contributed by atoms with Crippen LogP contribution in [-0.4, -0.2) is 36.7 Å². The maximum atomic E-state index is 12.3. The van der Waals surface area contributed by atoms with E-state index in [9.17, 15) is 4.79 Å². The summed E-state index contributed by atoms with van der Waals surface area (Å²) >= 11 is 1.63. The molecule has 0 atom stereocenters. The molecule has 0 spiro atoms. The van der Waals surface area contributed by atoms with E-state index in [2.05, 4.69) is 16.4 Å². The Labute approximate surface area is 122 Å². The third-order valence-electron chi connectivity index (χ3n) is 3.89. The van der Waals surface area contributed by atoms with E-state index in [4.69, 9.17) is 0 Å². The average Bonchev–Trinajstić information content (AvgIpc) is 2.91. The number of rotatable bonds is 3. The molecule has 2 aromatic rings. The SMILES string of the molecule is CN(C)c1nc(=O)n(CC2CCNCC2)c2sccc12. The minimum atomic E-state index is -0.123. The van der Waals surface area contributed by atoms with Crippen molar-refractivity contribution in [2.75, 3.05) is 32.1 Å². The van der Waals surface area contributed by atoms with Crippen LogP contribution in [0.5, 0.6) is 0 Å². The van der Waals surface area contributed by atoms with Gasteiger partial charge in [0.05, 0.1) is 5.39 Å². The van der Waals surface area contributed by atoms with Crippen LogP contribution in [0.4, 0.5) is 5.82 Å². The van der Waals surface area contributed by atoms with E-state index in [1.54, 1.807) is 11.3 Å². The molecular formula is C14H20N4OS. The molecule has 3 heterocycles. The number of piperidine rings is 1. The number of hydrogen-bond acceptors (Lipinski definition) is 5. The van der Waals surface area contributed by atoms with Crippen LogP contribution in [-0.2, 0) is 6.54 Å². The lowest BCUT2D eigenvalue weighted by atomic mass is 9.98. The molecule has 0 amide bonds. The van der Waals surface area contributed by atoms with E-state index in [1.807, 2.05) is 28.9 Å². The van der Waals surface area contributed by atoms with Gasteiger partial charge in [-0.3, -0.25) is 4.57 Å². The normalized spacial score (nSPS) is 16.7. The van der Waals surface area contributed by atoms with Crippen LogP contribution in [0.25, 0.3) is 10.2 Å². The van der Waals surface area contributed by atoms with Gasteiger partial charge in [0.1, 0.15) is 10.6 Å². The Bertz CT molecular complexity index is 655. The van der Waals surface area contributed by atoms with Crippen LogP contribution in [0.15, 0.2) is 16.2 Å². The molecule has 6 heteroatoms. The second-order valence-electron chi connectivity index (χ2n) is 5.56. The van der Waals surface area contributed by atoms with Gasteiger partial charge >= 0.3 is 5.69 Å². The van der Waals surface area contributed by atoms with Crippen LogP contribution in [0.3, 0.4) is 0 Å². The second kappa shape index (κ2) is 5.54. The highest BCUT2D eigenvalue weighted by Crippen LogP contribution is 2.27. The van der Waals surface area contributed by atoms with Gasteiger partial charge in [-0.05, 0) is 43.3 Å². The van der Waals surface area contributed by atoms with Crippen molar-refractivity contribution in [3.8, 4) is 0 Å². The number of fused-ring (bicyclic) bond motifs is 1. The molecule has 5 nitrogen and oxygen atoms in total. The Morgan fingerprint density at radius 2 is 2.20 bits per heavy atom. The van der Waals surface area contributed by atoms with Crippen LogP contribution in [0.1, 0.15) is 12.8 Å². The van der Waals surface area contributed by atoms with Crippen molar-refractivity contribution in [1.29, 1.82) is 0 Å². The Kier molecular flexibility index (Phi) is 3.76. The van der Waals surface area contributed by atoms with E-state index >= 15 is 0 Å². The molecule has 2 aromatic heterocycles. The molecule has 0 aromatic carbocycles. The fraction of sp³-hybridized carbons (Fsp3) is 0.571. The molecule has 0 bridgehead atoms. The van der Waals surface area contributed by atoms with Crippen molar-refractivity contribution >= 4 is 27.4 Å². The van der Waals surface area contributed by atoms with Gasteiger partial charge in [-0.15, -0.1) is 11.3 Å². The Balaban J connectivity index is 2.02. The molecule has 1 N–H and O–H groups in total. The summed E-state index contributed by atoms with van der Waals surface area (Å²) in [5.74, 6) is 1.35. The van der Waals surface area contributed by atoms with Crippen molar-refractivity contribution in [2.24, 2.45) is 5.92 Å². The van der Waals surface area contributed by atoms with Gasteiger partial charge in [-0.25, -0.2) is 4.79 Å². The Morgan fingerprint density at radius 1 is 1.45 bits per heavy atom. The van der Waals surface area contributed by atoms with Crippen molar-refractivity contribution in [3.05, 3.63) is 21.9 Å². The number of anilines is 1. The van der Waals surface area contributed by atoms with Gasteiger partial charge in [0.15, 0.2) is 0 Å². The lowest BCUT2D eigenvalue weighted by Gasteiger charge is -2.24. The molecule has 1 saturated heterocycles. The predicted octanol–water partition coefficient (Wildman–Crippen LogP) is 1.52. The van der Waals surface area contributed by atoms with Crippen LogP contribution >= 0.6 is 11.3 Å². The molecule has 108 valence electrons. The van der Waals surface area contributed by atoms with Crippen molar-refractivity contribution in [2.45, 2.75) is 19.4 Å². The summed E-state index contributed by atoms with van der Waals surface area (Å²) in [6.45, 7) is 2.89. The largest absolute Gasteiger partial charge is 0.362 e. The monoisotopic (exact) mass is 292 g/mol. The van der Waals surface area contributed by atoms with Crippen molar-refractivity contribution in [1.82, 2.24) is 14.9 Å². The minimum Gasteiger partial charge on any atom is -0.362 e. The van der Waals surface area contributed by atoms with Gasteiger partial charge < -0.3 is 10.2 Å². The van der Waals surface area contributed by atoms with Crippen LogP contribution in [0.2, 0.25) is 0 Å². The first-order chi connectivity index (χ1) is 9.66. The molecule has 0 aliphatic carbocycles. The van der Waals surface area contributed by atoms with E-state index in [1.165, 1.54) is 0 Å². The van der Waals surface area contributed by atoms with Crippen LogP contribution < -0.4 is 15.9 Å². The molecule has 1 fully saturated rings. The predicted molar refractivity (Wildman–Crippen MR) is 83.8 cm³/mol. The fourth-order valence-electron chi connectivity index (χ4n) is 2.80. The first-order valence-corrected chi connectivity index (χ1v) is 7.91. The summed E-state index contributed by atoms with van der Waals surface area (Å²) in [5, 5.41) is 6.48. The molecule has 0 radical (unpaired) electrons. The van der Waals surface area contributed by atoms with E-state index < -0.39 is 0 Å². The van der Waals surface area contributed by atoms with Gasteiger partial charge in [0.25, 0.3) is 0 Å². The molecular weight excluding hydrogens is 272 g/mol. The number of nitrogens with one attached hydrogen (secondary N) is 1. The maximum Gasteiger partial charge on any atom is 0.350 e. The summed E-state index contributed by atoms with van der Waals surface area (Å²) in [6.07, 6.45) is 2.27. The standard InChI is InChI=1S/C14H20N4OS/c1-17(2)12-11-5-8-20-13(11)18(14(19)16-12)9-10-3-6-15-7-4-10/h5,8,10,15H,3-4,6-7,9H2,1-2H3. The summed E-state index contributed by atoms with van der Waals surface area (Å²) in [6, 6.07) is 2.06. The van der Waals surface area contributed by atoms with Gasteiger partial charge in [-0.1, -0.05) is 0 Å². The van der Waals surface area contributed by atoms with Crippen molar-refractivity contribution < 1.29 is 0 Å². The lowest BCUT2D eigenvalue weighted by molar-refractivity contribution is 0.332. The highest BCUT2D eigenvalue weighted by molar-refractivity contribution is 7.16. The summed E-state index contributed by atoms with van der Waals surface area (Å²) in [7, 11) is 3.85. The van der Waals surface area contributed by atoms with E-state index in [-0.39, 0.29) is 5.69 Å². The molecule has 20 heavy (non-hydrogen) atoms. The minimum absolute atomic E-state index is 0.123. The third kappa shape index (κ3) is 2.45. The Hall–Kier alpha value is -1.40. The van der Waals surface area contributed by atoms with E-state index in [0.29, 0.717) is 5.92 Å². The zero-order valence-corrected chi connectivity index (χ0v) is 12.7. The third-order valence-corrected chi connectivity index (χ3v) is 4.82. The Morgan fingerprint density at radius 3 is 2.90 bits per heavy atom. The highest BCUT2D eigenvalue weighted by Gasteiger charge is 2.18. The molecule has 0 saturated carbocycles. The zero-order chi connectivity index (χ0) is 14.1. The number of nitrogens with zero attached hydrogens (tertiary/aromatic N) is 3. The molecule has 3 rings (SSSR count). The summed E-state index contributed by atoms with van der Waals surface area (Å²) in [5.41, 5.74) is -0.123. The maximum absolute atomic E-state index is 12.3. The highest BCUT2D eigenvalue weighted by atomic mass is 32.1. The second-order valence-corrected chi connectivity index (χ2v) is 6.45.